The number of aromatic nitrogens is 1. The van der Waals surface area contributed by atoms with Crippen molar-refractivity contribution in [2.45, 2.75) is 19.3 Å². The second kappa shape index (κ2) is 8.00. The predicted molar refractivity (Wildman–Crippen MR) is 101 cm³/mol. The Labute approximate surface area is 158 Å². The van der Waals surface area contributed by atoms with Crippen molar-refractivity contribution < 1.29 is 9.59 Å². The van der Waals surface area contributed by atoms with Crippen LogP contribution < -0.4 is 5.32 Å². The SMILES string of the molecule is N#CCSCC(=O)Nc1sc2c(c1C(=O)c1ccc(Cl)cn1)CCC2. The van der Waals surface area contributed by atoms with Crippen molar-refractivity contribution in [1.82, 2.24) is 4.98 Å². The molecule has 1 aliphatic rings. The van der Waals surface area contributed by atoms with Crippen LogP contribution in [0.3, 0.4) is 0 Å². The molecule has 0 saturated heterocycles. The molecule has 0 bridgehead atoms. The molecule has 1 N–H and O–H groups in total. The van der Waals surface area contributed by atoms with Crippen LogP contribution in [0.5, 0.6) is 0 Å². The molecule has 1 aliphatic carbocycles. The van der Waals surface area contributed by atoms with Crippen molar-refractivity contribution in [3.63, 3.8) is 0 Å². The number of halogens is 1. The molecule has 0 unspecified atom stereocenters. The second-order valence-corrected chi connectivity index (χ2v) is 7.98. The standard InChI is InChI=1S/C17H14ClN3O2S2/c18-10-4-5-12(20-8-10)16(23)15-11-2-1-3-13(11)25-17(15)21-14(22)9-24-7-6-19/h4-5,8H,1-3,7,9H2,(H,21,22). The third-order valence-electron chi connectivity index (χ3n) is 3.76. The summed E-state index contributed by atoms with van der Waals surface area (Å²) in [5.74, 6) is 0.0342. The number of nitrogens with one attached hydrogen (secondary N) is 1. The number of aryl methyl sites for hydroxylation is 1. The number of pyridine rings is 1. The third kappa shape index (κ3) is 4.03. The Balaban J connectivity index is 1.87. The lowest BCUT2D eigenvalue weighted by atomic mass is 10.0. The number of nitriles is 1. The number of rotatable bonds is 6. The molecule has 8 heteroatoms. The minimum Gasteiger partial charge on any atom is -0.316 e. The van der Waals surface area contributed by atoms with E-state index in [2.05, 4.69) is 10.3 Å². The lowest BCUT2D eigenvalue weighted by Gasteiger charge is -2.07. The number of hydrogen-bond donors (Lipinski definition) is 1. The zero-order valence-corrected chi connectivity index (χ0v) is 15.6. The van der Waals surface area contributed by atoms with Gasteiger partial charge in [-0.2, -0.15) is 5.26 Å². The van der Waals surface area contributed by atoms with Gasteiger partial charge in [0.2, 0.25) is 11.7 Å². The molecular formula is C17H14ClN3O2S2. The first kappa shape index (κ1) is 17.9. The Bertz CT molecular complexity index is 856. The van der Waals surface area contributed by atoms with Crippen LogP contribution in [-0.4, -0.2) is 28.2 Å². The second-order valence-electron chi connectivity index (χ2n) is 5.45. The molecule has 2 heterocycles. The lowest BCUT2D eigenvalue weighted by molar-refractivity contribution is -0.113. The van der Waals surface area contributed by atoms with Crippen LogP contribution in [0, 0.1) is 11.3 Å². The largest absolute Gasteiger partial charge is 0.316 e. The minimum absolute atomic E-state index is 0.183. The van der Waals surface area contributed by atoms with Gasteiger partial charge in [-0.1, -0.05) is 11.6 Å². The van der Waals surface area contributed by atoms with Crippen LogP contribution in [0.25, 0.3) is 0 Å². The van der Waals surface area contributed by atoms with Gasteiger partial charge in [-0.25, -0.2) is 0 Å². The van der Waals surface area contributed by atoms with Gasteiger partial charge in [-0.15, -0.1) is 23.1 Å². The zero-order valence-electron chi connectivity index (χ0n) is 13.2. The smallest absolute Gasteiger partial charge is 0.235 e. The van der Waals surface area contributed by atoms with Gasteiger partial charge in [-0.05, 0) is 37.0 Å². The van der Waals surface area contributed by atoms with Gasteiger partial charge in [0.25, 0.3) is 0 Å². The molecule has 5 nitrogen and oxygen atoms in total. The summed E-state index contributed by atoms with van der Waals surface area (Å²) in [5, 5.41) is 12.4. The third-order valence-corrected chi connectivity index (χ3v) is 5.99. The van der Waals surface area contributed by atoms with Gasteiger partial charge in [0.15, 0.2) is 0 Å². The monoisotopic (exact) mass is 391 g/mol. The molecule has 3 rings (SSSR count). The van der Waals surface area contributed by atoms with Crippen LogP contribution in [0.4, 0.5) is 5.00 Å². The maximum Gasteiger partial charge on any atom is 0.235 e. The van der Waals surface area contributed by atoms with Gasteiger partial charge in [0.05, 0.1) is 28.2 Å². The molecule has 0 aliphatic heterocycles. The number of ketones is 1. The summed E-state index contributed by atoms with van der Waals surface area (Å²) in [7, 11) is 0. The summed E-state index contributed by atoms with van der Waals surface area (Å²) in [5.41, 5.74) is 1.88. The van der Waals surface area contributed by atoms with Crippen molar-refractivity contribution in [2.75, 3.05) is 16.8 Å². The van der Waals surface area contributed by atoms with Crippen LogP contribution in [-0.2, 0) is 17.6 Å². The molecule has 25 heavy (non-hydrogen) atoms. The molecule has 2 aromatic rings. The van der Waals surface area contributed by atoms with Crippen LogP contribution >= 0.6 is 34.7 Å². The molecule has 2 aromatic heterocycles. The molecule has 0 radical (unpaired) electrons. The molecule has 128 valence electrons. The number of amides is 1. The maximum atomic E-state index is 12.9. The molecule has 0 aromatic carbocycles. The fourth-order valence-corrected chi connectivity index (χ4v) is 4.59. The molecule has 1 amide bonds. The molecular weight excluding hydrogens is 378 g/mol. The summed E-state index contributed by atoms with van der Waals surface area (Å²) in [6.07, 6.45) is 4.22. The normalized spacial score (nSPS) is 12.5. The van der Waals surface area contributed by atoms with E-state index in [0.29, 0.717) is 21.3 Å². The summed E-state index contributed by atoms with van der Waals surface area (Å²) in [4.78, 5) is 30.3. The number of anilines is 1. The van der Waals surface area contributed by atoms with Crippen molar-refractivity contribution in [1.29, 1.82) is 5.26 Å². The van der Waals surface area contributed by atoms with E-state index in [9.17, 15) is 9.59 Å². The van der Waals surface area contributed by atoms with E-state index >= 15 is 0 Å². The quantitative estimate of drug-likeness (QED) is 0.599. The number of fused-ring (bicyclic) bond motifs is 1. The van der Waals surface area contributed by atoms with Crippen LogP contribution in [0.1, 0.15) is 32.9 Å². The minimum atomic E-state index is -0.210. The van der Waals surface area contributed by atoms with Crippen LogP contribution in [0.15, 0.2) is 18.3 Å². The number of carbonyl (C=O) groups excluding carboxylic acids is 2. The Morgan fingerprint density at radius 3 is 2.96 bits per heavy atom. The van der Waals surface area contributed by atoms with E-state index in [1.807, 2.05) is 6.07 Å². The average molecular weight is 392 g/mol. The van der Waals surface area contributed by atoms with Gasteiger partial charge >= 0.3 is 0 Å². The maximum absolute atomic E-state index is 12.9. The van der Waals surface area contributed by atoms with Gasteiger partial charge in [0.1, 0.15) is 10.7 Å². The van der Waals surface area contributed by atoms with E-state index < -0.39 is 0 Å². The number of hydrogen-bond acceptors (Lipinski definition) is 6. The summed E-state index contributed by atoms with van der Waals surface area (Å²) >= 11 is 8.55. The Morgan fingerprint density at radius 2 is 2.24 bits per heavy atom. The first-order chi connectivity index (χ1) is 12.1. The highest BCUT2D eigenvalue weighted by Gasteiger charge is 2.28. The average Bonchev–Trinajstić information content (AvgIpc) is 3.16. The van der Waals surface area contributed by atoms with Crippen molar-refractivity contribution >= 4 is 51.4 Å². The zero-order chi connectivity index (χ0) is 17.8. The molecule has 0 spiro atoms. The number of carbonyl (C=O) groups is 2. The number of nitrogens with zero attached hydrogens (tertiary/aromatic N) is 2. The number of thiophene rings is 1. The van der Waals surface area contributed by atoms with Gasteiger partial charge in [0, 0.05) is 11.1 Å². The highest BCUT2D eigenvalue weighted by atomic mass is 35.5. The van der Waals surface area contributed by atoms with Gasteiger partial charge in [-0.3, -0.25) is 14.6 Å². The van der Waals surface area contributed by atoms with E-state index in [4.69, 9.17) is 16.9 Å². The number of thioether (sulfide) groups is 1. The highest BCUT2D eigenvalue weighted by Crippen LogP contribution is 2.40. The van der Waals surface area contributed by atoms with E-state index in [0.717, 1.165) is 29.7 Å². The first-order valence-corrected chi connectivity index (χ1v) is 10.0. The summed E-state index contributed by atoms with van der Waals surface area (Å²) in [6, 6.07) is 5.21. The predicted octanol–water partition coefficient (Wildman–Crippen LogP) is 3.71. The fraction of sp³-hybridized carbons (Fsp3) is 0.294. The van der Waals surface area contributed by atoms with Crippen molar-refractivity contribution in [2.24, 2.45) is 0 Å². The first-order valence-electron chi connectivity index (χ1n) is 7.65. The van der Waals surface area contributed by atoms with Crippen molar-refractivity contribution in [3.8, 4) is 6.07 Å². The Hall–Kier alpha value is -1.88. The van der Waals surface area contributed by atoms with Crippen molar-refractivity contribution in [3.05, 3.63) is 45.1 Å². The van der Waals surface area contributed by atoms with Crippen LogP contribution in [0.2, 0.25) is 5.02 Å². The Morgan fingerprint density at radius 1 is 1.40 bits per heavy atom. The van der Waals surface area contributed by atoms with E-state index in [-0.39, 0.29) is 23.2 Å². The molecule has 0 atom stereocenters. The summed E-state index contributed by atoms with van der Waals surface area (Å²) < 4.78 is 0. The highest BCUT2D eigenvalue weighted by molar-refractivity contribution is 8.00. The fourth-order valence-electron chi connectivity index (χ4n) is 2.72. The van der Waals surface area contributed by atoms with E-state index in [1.165, 1.54) is 29.3 Å². The molecule has 0 saturated carbocycles. The topological polar surface area (TPSA) is 82.9 Å². The lowest BCUT2D eigenvalue weighted by Crippen LogP contribution is -2.16. The van der Waals surface area contributed by atoms with E-state index in [1.54, 1.807) is 12.1 Å². The van der Waals surface area contributed by atoms with Gasteiger partial charge < -0.3 is 5.32 Å². The summed E-state index contributed by atoms with van der Waals surface area (Å²) in [6.45, 7) is 0. The Kier molecular flexibility index (Phi) is 5.74. The molecule has 0 fully saturated rings.